The van der Waals surface area contributed by atoms with E-state index in [0.29, 0.717) is 0 Å². The van der Waals surface area contributed by atoms with Crippen LogP contribution in [0.5, 0.6) is 0 Å². The maximum atomic E-state index is 8.52. The monoisotopic (exact) mass is 212 g/mol. The highest BCUT2D eigenvalue weighted by molar-refractivity contribution is 4.80. The van der Waals surface area contributed by atoms with Crippen LogP contribution in [0.3, 0.4) is 0 Å². The Morgan fingerprint density at radius 3 is 1.80 bits per heavy atom. The number of allylic oxidation sites excluding steroid dienone is 1. The first-order valence-corrected chi connectivity index (χ1v) is 6.67. The molecule has 0 aromatic carbocycles. The van der Waals surface area contributed by atoms with Crippen molar-refractivity contribution in [2.24, 2.45) is 0 Å². The van der Waals surface area contributed by atoms with E-state index in [1.54, 1.807) is 0 Å². The molecule has 1 nitrogen and oxygen atoms in total. The van der Waals surface area contributed by atoms with E-state index in [1.807, 2.05) is 6.08 Å². The topological polar surface area (TPSA) is 20.2 Å². The second-order valence-electron chi connectivity index (χ2n) is 4.27. The van der Waals surface area contributed by atoms with Gasteiger partial charge < -0.3 is 5.11 Å². The molecule has 0 aliphatic rings. The van der Waals surface area contributed by atoms with Crippen molar-refractivity contribution in [3.8, 4) is 0 Å². The Hall–Kier alpha value is -0.300. The third-order valence-electron chi connectivity index (χ3n) is 2.75. The standard InChI is InChI=1S/C14H28O/c1-2-3-4-5-6-7-8-9-10-11-12-13-14-15/h12-13,15H,2-11,14H2,1H3/b13-12-. The number of hydrogen-bond acceptors (Lipinski definition) is 1. The molecule has 0 saturated heterocycles. The highest BCUT2D eigenvalue weighted by Crippen LogP contribution is 2.10. The highest BCUT2D eigenvalue weighted by Gasteiger charge is 1.90. The van der Waals surface area contributed by atoms with E-state index in [2.05, 4.69) is 13.0 Å². The summed E-state index contributed by atoms with van der Waals surface area (Å²) in [6.45, 7) is 2.46. The maximum absolute atomic E-state index is 8.52. The van der Waals surface area contributed by atoms with Gasteiger partial charge in [-0.25, -0.2) is 0 Å². The van der Waals surface area contributed by atoms with Gasteiger partial charge in [0.05, 0.1) is 6.61 Å². The lowest BCUT2D eigenvalue weighted by molar-refractivity contribution is 0.342. The van der Waals surface area contributed by atoms with Crippen LogP contribution >= 0.6 is 0 Å². The normalized spacial score (nSPS) is 11.3. The van der Waals surface area contributed by atoms with Crippen molar-refractivity contribution in [1.82, 2.24) is 0 Å². The van der Waals surface area contributed by atoms with Gasteiger partial charge >= 0.3 is 0 Å². The van der Waals surface area contributed by atoms with Crippen molar-refractivity contribution in [3.05, 3.63) is 12.2 Å². The smallest absolute Gasteiger partial charge is 0.0612 e. The predicted molar refractivity (Wildman–Crippen MR) is 68.1 cm³/mol. The molecule has 0 aromatic heterocycles. The Morgan fingerprint density at radius 2 is 1.27 bits per heavy atom. The third kappa shape index (κ3) is 13.7. The number of rotatable bonds is 11. The summed E-state index contributed by atoms with van der Waals surface area (Å²) in [5.41, 5.74) is 0. The van der Waals surface area contributed by atoms with Crippen LogP contribution in [0.2, 0.25) is 0 Å². The molecule has 0 aliphatic carbocycles. The third-order valence-corrected chi connectivity index (χ3v) is 2.75. The van der Waals surface area contributed by atoms with Crippen LogP contribution in [0.4, 0.5) is 0 Å². The SMILES string of the molecule is CCCCCCCCCCC/C=C\CO. The molecule has 0 aromatic rings. The minimum Gasteiger partial charge on any atom is -0.392 e. The predicted octanol–water partition coefficient (Wildman–Crippen LogP) is 4.46. The number of aliphatic hydroxyl groups excluding tert-OH is 1. The van der Waals surface area contributed by atoms with Gasteiger partial charge in [0, 0.05) is 0 Å². The van der Waals surface area contributed by atoms with E-state index in [-0.39, 0.29) is 6.61 Å². The van der Waals surface area contributed by atoms with Gasteiger partial charge in [-0.05, 0) is 12.8 Å². The van der Waals surface area contributed by atoms with Gasteiger partial charge in [0.1, 0.15) is 0 Å². The molecule has 1 N–H and O–H groups in total. The zero-order valence-corrected chi connectivity index (χ0v) is 10.4. The van der Waals surface area contributed by atoms with Crippen molar-refractivity contribution < 1.29 is 5.11 Å². The molecule has 0 saturated carbocycles. The lowest BCUT2D eigenvalue weighted by atomic mass is 10.1. The Bertz CT molecular complexity index is 129. The van der Waals surface area contributed by atoms with E-state index < -0.39 is 0 Å². The lowest BCUT2D eigenvalue weighted by Crippen LogP contribution is -1.81. The first kappa shape index (κ1) is 14.7. The second-order valence-corrected chi connectivity index (χ2v) is 4.27. The molecule has 0 unspecified atom stereocenters. The van der Waals surface area contributed by atoms with Gasteiger partial charge in [-0.3, -0.25) is 0 Å². The number of unbranched alkanes of at least 4 members (excludes halogenated alkanes) is 9. The zero-order chi connectivity index (χ0) is 11.2. The minimum atomic E-state index is 0.192. The molecule has 0 spiro atoms. The fraction of sp³-hybridized carbons (Fsp3) is 0.857. The molecule has 0 atom stereocenters. The van der Waals surface area contributed by atoms with E-state index in [0.717, 1.165) is 6.42 Å². The molecule has 0 bridgehead atoms. The molecule has 0 heterocycles. The molecule has 0 radical (unpaired) electrons. The Kier molecular flexibility index (Phi) is 13.4. The van der Waals surface area contributed by atoms with Crippen molar-refractivity contribution in [1.29, 1.82) is 0 Å². The van der Waals surface area contributed by atoms with Crippen LogP contribution < -0.4 is 0 Å². The van der Waals surface area contributed by atoms with Crippen LogP contribution in [-0.4, -0.2) is 11.7 Å². The summed E-state index contributed by atoms with van der Waals surface area (Å²) in [5, 5.41) is 8.52. The van der Waals surface area contributed by atoms with E-state index in [4.69, 9.17) is 5.11 Å². The van der Waals surface area contributed by atoms with Crippen LogP contribution in [0.15, 0.2) is 12.2 Å². The van der Waals surface area contributed by atoms with Crippen molar-refractivity contribution >= 4 is 0 Å². The average molecular weight is 212 g/mol. The van der Waals surface area contributed by atoms with Crippen LogP contribution in [-0.2, 0) is 0 Å². The van der Waals surface area contributed by atoms with Gasteiger partial charge in [-0.1, -0.05) is 70.4 Å². The summed E-state index contributed by atoms with van der Waals surface area (Å²) in [6.07, 6.45) is 17.5. The molecule has 0 aliphatic heterocycles. The van der Waals surface area contributed by atoms with E-state index in [1.165, 1.54) is 57.8 Å². The summed E-state index contributed by atoms with van der Waals surface area (Å²) < 4.78 is 0. The second kappa shape index (κ2) is 13.7. The molecular weight excluding hydrogens is 184 g/mol. The molecule has 0 fully saturated rings. The Balaban J connectivity index is 2.89. The van der Waals surface area contributed by atoms with Gasteiger partial charge in [-0.15, -0.1) is 0 Å². The van der Waals surface area contributed by atoms with Crippen molar-refractivity contribution in [3.63, 3.8) is 0 Å². The van der Waals surface area contributed by atoms with Crippen LogP contribution in [0, 0.1) is 0 Å². The molecular formula is C14H28O. The quantitative estimate of drug-likeness (QED) is 0.396. The molecule has 15 heavy (non-hydrogen) atoms. The summed E-state index contributed by atoms with van der Waals surface area (Å²) >= 11 is 0. The van der Waals surface area contributed by atoms with Gasteiger partial charge in [0.25, 0.3) is 0 Å². The van der Waals surface area contributed by atoms with Gasteiger partial charge in [0.15, 0.2) is 0 Å². The Labute approximate surface area is 95.6 Å². The molecule has 0 rings (SSSR count). The van der Waals surface area contributed by atoms with E-state index in [9.17, 15) is 0 Å². The molecule has 90 valence electrons. The lowest BCUT2D eigenvalue weighted by Gasteiger charge is -2.00. The largest absolute Gasteiger partial charge is 0.392 e. The first-order chi connectivity index (χ1) is 7.41. The van der Waals surface area contributed by atoms with Gasteiger partial charge in [0.2, 0.25) is 0 Å². The average Bonchev–Trinajstić information content (AvgIpc) is 2.26. The van der Waals surface area contributed by atoms with Crippen LogP contribution in [0.1, 0.15) is 71.1 Å². The highest BCUT2D eigenvalue weighted by atomic mass is 16.2. The fourth-order valence-corrected chi connectivity index (χ4v) is 1.77. The van der Waals surface area contributed by atoms with Crippen LogP contribution in [0.25, 0.3) is 0 Å². The molecule has 0 amide bonds. The van der Waals surface area contributed by atoms with Crippen molar-refractivity contribution in [2.45, 2.75) is 71.1 Å². The minimum absolute atomic E-state index is 0.192. The number of aliphatic hydroxyl groups is 1. The van der Waals surface area contributed by atoms with Gasteiger partial charge in [-0.2, -0.15) is 0 Å². The fourth-order valence-electron chi connectivity index (χ4n) is 1.77. The summed E-state index contributed by atoms with van der Waals surface area (Å²) in [6, 6.07) is 0. The zero-order valence-electron chi connectivity index (χ0n) is 10.4. The first-order valence-electron chi connectivity index (χ1n) is 6.67. The summed E-state index contributed by atoms with van der Waals surface area (Å²) in [7, 11) is 0. The molecule has 1 heteroatoms. The summed E-state index contributed by atoms with van der Waals surface area (Å²) in [5.74, 6) is 0. The van der Waals surface area contributed by atoms with E-state index >= 15 is 0 Å². The summed E-state index contributed by atoms with van der Waals surface area (Å²) in [4.78, 5) is 0. The maximum Gasteiger partial charge on any atom is 0.0612 e. The Morgan fingerprint density at radius 1 is 0.733 bits per heavy atom. The van der Waals surface area contributed by atoms with Crippen molar-refractivity contribution in [2.75, 3.05) is 6.61 Å². The number of hydrogen-bond donors (Lipinski definition) is 1.